The second-order valence-corrected chi connectivity index (χ2v) is 3.12. The first-order valence-corrected chi connectivity index (χ1v) is 4.73. The van der Waals surface area contributed by atoms with E-state index in [0.717, 1.165) is 17.2 Å². The molecule has 0 aliphatic carbocycles. The SMILES string of the molecule is C=CC(=O)OC(C)c1ccccc1C=C. The molecular weight excluding hydrogens is 188 g/mol. The lowest BCUT2D eigenvalue weighted by molar-refractivity contribution is -0.142. The van der Waals surface area contributed by atoms with Gasteiger partial charge in [0.2, 0.25) is 0 Å². The highest BCUT2D eigenvalue weighted by atomic mass is 16.5. The molecular formula is C13H14O2. The van der Waals surface area contributed by atoms with Crippen LogP contribution in [-0.4, -0.2) is 5.97 Å². The smallest absolute Gasteiger partial charge is 0.330 e. The third kappa shape index (κ3) is 2.81. The summed E-state index contributed by atoms with van der Waals surface area (Å²) in [5.74, 6) is -0.415. The first-order chi connectivity index (χ1) is 7.19. The zero-order valence-electron chi connectivity index (χ0n) is 8.77. The average Bonchev–Trinajstić information content (AvgIpc) is 2.28. The van der Waals surface area contributed by atoms with Gasteiger partial charge in [0.25, 0.3) is 0 Å². The van der Waals surface area contributed by atoms with Crippen molar-refractivity contribution >= 4 is 12.0 Å². The molecule has 2 heteroatoms. The summed E-state index contributed by atoms with van der Waals surface area (Å²) in [5.41, 5.74) is 1.92. The molecule has 0 spiro atoms. The van der Waals surface area contributed by atoms with Crippen molar-refractivity contribution in [3.8, 4) is 0 Å². The van der Waals surface area contributed by atoms with Gasteiger partial charge in [-0.25, -0.2) is 4.79 Å². The first kappa shape index (κ1) is 11.2. The molecule has 15 heavy (non-hydrogen) atoms. The van der Waals surface area contributed by atoms with Crippen LogP contribution in [0.5, 0.6) is 0 Å². The number of esters is 1. The third-order valence-electron chi connectivity index (χ3n) is 2.11. The standard InChI is InChI=1S/C13H14O2/c1-4-11-8-6-7-9-12(11)10(3)15-13(14)5-2/h4-10H,1-2H2,3H3. The Kier molecular flexibility index (Phi) is 3.86. The zero-order valence-corrected chi connectivity index (χ0v) is 8.77. The van der Waals surface area contributed by atoms with Crippen LogP contribution in [0, 0.1) is 0 Å². The molecule has 0 amide bonds. The molecule has 1 rings (SSSR count). The van der Waals surface area contributed by atoms with Gasteiger partial charge in [0.05, 0.1) is 0 Å². The van der Waals surface area contributed by atoms with Gasteiger partial charge < -0.3 is 4.74 Å². The van der Waals surface area contributed by atoms with Crippen molar-refractivity contribution in [2.24, 2.45) is 0 Å². The predicted octanol–water partition coefficient (Wildman–Crippen LogP) is 3.12. The van der Waals surface area contributed by atoms with Crippen molar-refractivity contribution in [1.29, 1.82) is 0 Å². The summed E-state index contributed by atoms with van der Waals surface area (Å²) in [6, 6.07) is 7.67. The molecule has 0 fully saturated rings. The monoisotopic (exact) mass is 202 g/mol. The molecule has 0 heterocycles. The van der Waals surface area contributed by atoms with Crippen LogP contribution >= 0.6 is 0 Å². The van der Waals surface area contributed by atoms with E-state index in [0.29, 0.717) is 0 Å². The summed E-state index contributed by atoms with van der Waals surface area (Å²) in [7, 11) is 0. The Labute approximate surface area is 89.9 Å². The van der Waals surface area contributed by atoms with Crippen LogP contribution in [0.2, 0.25) is 0 Å². The highest BCUT2D eigenvalue weighted by Gasteiger charge is 2.11. The predicted molar refractivity (Wildman–Crippen MR) is 61.2 cm³/mol. The molecule has 2 nitrogen and oxygen atoms in total. The van der Waals surface area contributed by atoms with E-state index in [4.69, 9.17) is 4.74 Å². The molecule has 0 saturated heterocycles. The van der Waals surface area contributed by atoms with Gasteiger partial charge in [-0.3, -0.25) is 0 Å². The second kappa shape index (κ2) is 5.15. The highest BCUT2D eigenvalue weighted by molar-refractivity contribution is 5.81. The Balaban J connectivity index is 2.89. The van der Waals surface area contributed by atoms with Gasteiger partial charge >= 0.3 is 5.97 Å². The topological polar surface area (TPSA) is 26.3 Å². The van der Waals surface area contributed by atoms with Crippen molar-refractivity contribution in [3.63, 3.8) is 0 Å². The second-order valence-electron chi connectivity index (χ2n) is 3.12. The first-order valence-electron chi connectivity index (χ1n) is 4.73. The lowest BCUT2D eigenvalue weighted by Gasteiger charge is -2.14. The number of hydrogen-bond acceptors (Lipinski definition) is 2. The molecule has 0 aliphatic heterocycles. The van der Waals surface area contributed by atoms with Gasteiger partial charge in [-0.1, -0.05) is 43.5 Å². The van der Waals surface area contributed by atoms with Crippen molar-refractivity contribution < 1.29 is 9.53 Å². The number of rotatable bonds is 4. The summed E-state index contributed by atoms with van der Waals surface area (Å²) in [5, 5.41) is 0. The minimum Gasteiger partial charge on any atom is -0.455 e. The van der Waals surface area contributed by atoms with Crippen molar-refractivity contribution in [2.75, 3.05) is 0 Å². The number of hydrogen-bond donors (Lipinski definition) is 0. The van der Waals surface area contributed by atoms with E-state index in [1.165, 1.54) is 0 Å². The highest BCUT2D eigenvalue weighted by Crippen LogP contribution is 2.21. The average molecular weight is 202 g/mol. The molecule has 0 radical (unpaired) electrons. The van der Waals surface area contributed by atoms with Crippen LogP contribution in [0.15, 0.2) is 43.5 Å². The van der Waals surface area contributed by atoms with Crippen LogP contribution in [0.4, 0.5) is 0 Å². The van der Waals surface area contributed by atoms with Gasteiger partial charge in [-0.05, 0) is 18.1 Å². The fraction of sp³-hybridized carbons (Fsp3) is 0.154. The van der Waals surface area contributed by atoms with E-state index >= 15 is 0 Å². The molecule has 0 N–H and O–H groups in total. The summed E-state index contributed by atoms with van der Waals surface area (Å²) in [4.78, 5) is 11.0. The number of carbonyl (C=O) groups excluding carboxylic acids is 1. The Morgan fingerprint density at radius 3 is 2.67 bits per heavy atom. The number of benzene rings is 1. The molecule has 0 aliphatic rings. The van der Waals surface area contributed by atoms with E-state index in [9.17, 15) is 4.79 Å². The maximum Gasteiger partial charge on any atom is 0.330 e. The van der Waals surface area contributed by atoms with Crippen molar-refractivity contribution in [2.45, 2.75) is 13.0 Å². The van der Waals surface area contributed by atoms with E-state index < -0.39 is 5.97 Å². The Hall–Kier alpha value is -1.83. The molecule has 0 aromatic heterocycles. The number of carbonyl (C=O) groups is 1. The van der Waals surface area contributed by atoms with Crippen LogP contribution in [-0.2, 0) is 9.53 Å². The van der Waals surface area contributed by atoms with Gasteiger partial charge in [-0.15, -0.1) is 0 Å². The van der Waals surface area contributed by atoms with E-state index in [1.54, 1.807) is 6.08 Å². The van der Waals surface area contributed by atoms with Gasteiger partial charge in [0.1, 0.15) is 6.10 Å². The van der Waals surface area contributed by atoms with Crippen LogP contribution in [0.3, 0.4) is 0 Å². The molecule has 1 aromatic rings. The van der Waals surface area contributed by atoms with Crippen LogP contribution < -0.4 is 0 Å². The van der Waals surface area contributed by atoms with Gasteiger partial charge in [0.15, 0.2) is 0 Å². The third-order valence-corrected chi connectivity index (χ3v) is 2.11. The summed E-state index contributed by atoms with van der Waals surface area (Å²) >= 11 is 0. The fourth-order valence-corrected chi connectivity index (χ4v) is 1.35. The number of ether oxygens (including phenoxy) is 1. The minimum atomic E-state index is -0.415. The molecule has 1 unspecified atom stereocenters. The van der Waals surface area contributed by atoms with Crippen LogP contribution in [0.1, 0.15) is 24.2 Å². The summed E-state index contributed by atoms with van der Waals surface area (Å²) in [6.45, 7) is 8.89. The van der Waals surface area contributed by atoms with E-state index in [-0.39, 0.29) is 6.10 Å². The lowest BCUT2D eigenvalue weighted by Crippen LogP contribution is -2.06. The molecule has 1 atom stereocenters. The lowest BCUT2D eigenvalue weighted by atomic mass is 10.0. The van der Waals surface area contributed by atoms with E-state index in [1.807, 2.05) is 31.2 Å². The maximum absolute atomic E-state index is 11.0. The van der Waals surface area contributed by atoms with Gasteiger partial charge in [0, 0.05) is 6.08 Å². The molecule has 0 saturated carbocycles. The van der Waals surface area contributed by atoms with Crippen molar-refractivity contribution in [1.82, 2.24) is 0 Å². The molecule has 78 valence electrons. The maximum atomic E-state index is 11.0. The Bertz CT molecular complexity index is 380. The van der Waals surface area contributed by atoms with Crippen molar-refractivity contribution in [3.05, 3.63) is 54.6 Å². The fourth-order valence-electron chi connectivity index (χ4n) is 1.35. The summed E-state index contributed by atoms with van der Waals surface area (Å²) < 4.78 is 5.12. The van der Waals surface area contributed by atoms with E-state index in [2.05, 4.69) is 13.2 Å². The largest absolute Gasteiger partial charge is 0.455 e. The minimum absolute atomic E-state index is 0.287. The quantitative estimate of drug-likeness (QED) is 0.554. The van der Waals surface area contributed by atoms with Gasteiger partial charge in [-0.2, -0.15) is 0 Å². The molecule has 0 bridgehead atoms. The summed E-state index contributed by atoms with van der Waals surface area (Å²) in [6.07, 6.45) is 2.62. The zero-order chi connectivity index (χ0) is 11.3. The Morgan fingerprint density at radius 1 is 1.40 bits per heavy atom. The molecule has 1 aromatic carbocycles. The normalized spacial score (nSPS) is 11.5. The van der Waals surface area contributed by atoms with Crippen LogP contribution in [0.25, 0.3) is 6.08 Å². The Morgan fingerprint density at radius 2 is 2.07 bits per heavy atom.